The number of carbonyl (C=O) groups is 2. The molecule has 0 aliphatic heterocycles. The Morgan fingerprint density at radius 1 is 1.14 bits per heavy atom. The Bertz CT molecular complexity index is 628. The van der Waals surface area contributed by atoms with Gasteiger partial charge in [0.1, 0.15) is 5.82 Å². The number of rotatable bonds is 5. The molecule has 0 spiro atoms. The van der Waals surface area contributed by atoms with Crippen molar-refractivity contribution in [3.63, 3.8) is 0 Å². The summed E-state index contributed by atoms with van der Waals surface area (Å²) in [5.74, 6) is -3.82. The second-order valence-electron chi connectivity index (χ2n) is 4.71. The molecule has 0 aliphatic carbocycles. The predicted octanol–water partition coefficient (Wildman–Crippen LogP) is 2.13. The van der Waals surface area contributed by atoms with Gasteiger partial charge in [-0.3, -0.25) is 0 Å². The molecule has 0 saturated heterocycles. The molecule has 5 N–H and O–H groups in total. The number of nitrogens with one attached hydrogen (secondary N) is 1. The van der Waals surface area contributed by atoms with E-state index in [1.807, 2.05) is 6.20 Å². The molecule has 0 radical (unpaired) electrons. The van der Waals surface area contributed by atoms with Crippen LogP contribution in [0, 0.1) is 5.82 Å². The zero-order valence-electron chi connectivity index (χ0n) is 12.0. The molecule has 0 saturated carbocycles. The Kier molecular flexibility index (Phi) is 7.04. The maximum atomic E-state index is 13.1. The summed E-state index contributed by atoms with van der Waals surface area (Å²) >= 11 is 0. The molecule has 2 aromatic rings. The third kappa shape index (κ3) is 5.53. The van der Waals surface area contributed by atoms with E-state index in [1.165, 1.54) is 11.6 Å². The quantitative estimate of drug-likeness (QED) is 0.498. The van der Waals surface area contributed by atoms with Gasteiger partial charge < -0.3 is 20.9 Å². The normalized spacial score (nSPS) is 10.1. The minimum atomic E-state index is -1.82. The molecule has 1 aromatic heterocycles. The van der Waals surface area contributed by atoms with Crippen LogP contribution in [-0.2, 0) is 16.0 Å². The van der Waals surface area contributed by atoms with Crippen LogP contribution >= 0.6 is 0 Å². The van der Waals surface area contributed by atoms with Gasteiger partial charge in [-0.15, -0.1) is 0 Å². The largest absolute Gasteiger partial charge is 0.473 e. The molecular formula is C15H19FN2O4. The van der Waals surface area contributed by atoms with E-state index >= 15 is 0 Å². The van der Waals surface area contributed by atoms with Crippen molar-refractivity contribution in [2.75, 3.05) is 6.54 Å². The van der Waals surface area contributed by atoms with Crippen LogP contribution in [0.4, 0.5) is 4.39 Å². The van der Waals surface area contributed by atoms with Crippen LogP contribution in [0.3, 0.4) is 0 Å². The Morgan fingerprint density at radius 3 is 2.41 bits per heavy atom. The highest BCUT2D eigenvalue weighted by atomic mass is 19.1. The monoisotopic (exact) mass is 310 g/mol. The van der Waals surface area contributed by atoms with Gasteiger partial charge in [-0.05, 0) is 49.6 Å². The average molecular weight is 310 g/mol. The third-order valence-electron chi connectivity index (χ3n) is 3.06. The fourth-order valence-corrected chi connectivity index (χ4v) is 1.99. The fraction of sp³-hybridized carbons (Fsp3) is 0.333. The van der Waals surface area contributed by atoms with Gasteiger partial charge >= 0.3 is 11.9 Å². The van der Waals surface area contributed by atoms with Crippen LogP contribution in [-0.4, -0.2) is 33.7 Å². The lowest BCUT2D eigenvalue weighted by Crippen LogP contribution is -2.09. The summed E-state index contributed by atoms with van der Waals surface area (Å²) in [6, 6.07) is 4.87. The number of carboxylic acids is 2. The molecule has 6 nitrogen and oxygen atoms in total. The van der Waals surface area contributed by atoms with Gasteiger partial charge in [0.05, 0.1) is 0 Å². The van der Waals surface area contributed by atoms with Gasteiger partial charge in [-0.2, -0.15) is 0 Å². The molecule has 0 amide bonds. The number of hydrogen-bond acceptors (Lipinski definition) is 3. The number of fused-ring (bicyclic) bond motifs is 1. The van der Waals surface area contributed by atoms with E-state index < -0.39 is 11.9 Å². The Hall–Kier alpha value is -2.41. The van der Waals surface area contributed by atoms with Crippen molar-refractivity contribution in [2.24, 2.45) is 5.73 Å². The second-order valence-corrected chi connectivity index (χ2v) is 4.71. The molecule has 1 heterocycles. The molecule has 120 valence electrons. The van der Waals surface area contributed by atoms with E-state index in [2.05, 4.69) is 4.98 Å². The number of aromatic nitrogens is 1. The number of halogens is 1. The number of nitrogens with two attached hydrogens (primary N) is 1. The first-order valence-corrected chi connectivity index (χ1v) is 6.87. The highest BCUT2D eigenvalue weighted by Gasteiger charge is 2.04. The smallest absolute Gasteiger partial charge is 0.414 e. The summed E-state index contributed by atoms with van der Waals surface area (Å²) in [7, 11) is 0. The maximum absolute atomic E-state index is 13.1. The van der Waals surface area contributed by atoms with Crippen molar-refractivity contribution < 1.29 is 24.2 Å². The van der Waals surface area contributed by atoms with Crippen LogP contribution in [0.25, 0.3) is 10.9 Å². The van der Waals surface area contributed by atoms with Crippen LogP contribution < -0.4 is 5.73 Å². The molecule has 22 heavy (non-hydrogen) atoms. The van der Waals surface area contributed by atoms with Gasteiger partial charge in [0.15, 0.2) is 0 Å². The minimum Gasteiger partial charge on any atom is -0.473 e. The summed E-state index contributed by atoms with van der Waals surface area (Å²) in [6.45, 7) is 0.752. The molecular weight excluding hydrogens is 291 g/mol. The maximum Gasteiger partial charge on any atom is 0.414 e. The number of aromatic amines is 1. The van der Waals surface area contributed by atoms with Crippen molar-refractivity contribution in [3.05, 3.63) is 35.8 Å². The van der Waals surface area contributed by atoms with E-state index in [0.717, 1.165) is 43.1 Å². The van der Waals surface area contributed by atoms with Crippen molar-refractivity contribution in [1.82, 2.24) is 4.98 Å². The molecule has 2 rings (SSSR count). The zero-order chi connectivity index (χ0) is 16.5. The van der Waals surface area contributed by atoms with E-state index in [1.54, 1.807) is 12.1 Å². The minimum absolute atomic E-state index is 0.171. The molecule has 0 fully saturated rings. The van der Waals surface area contributed by atoms with Gasteiger partial charge in [0.25, 0.3) is 0 Å². The number of unbranched alkanes of at least 4 members (excludes halogenated alkanes) is 2. The third-order valence-corrected chi connectivity index (χ3v) is 3.06. The lowest BCUT2D eigenvalue weighted by atomic mass is 10.1. The predicted molar refractivity (Wildman–Crippen MR) is 80.1 cm³/mol. The highest BCUT2D eigenvalue weighted by molar-refractivity contribution is 6.27. The summed E-state index contributed by atoms with van der Waals surface area (Å²) in [4.78, 5) is 21.4. The molecule has 0 bridgehead atoms. The Balaban J connectivity index is 0.000000346. The zero-order valence-corrected chi connectivity index (χ0v) is 12.0. The fourth-order valence-electron chi connectivity index (χ4n) is 1.99. The lowest BCUT2D eigenvalue weighted by Gasteiger charge is -1.99. The number of carboxylic acid groups (broad SMARTS) is 2. The van der Waals surface area contributed by atoms with Gasteiger partial charge in [0.2, 0.25) is 0 Å². The van der Waals surface area contributed by atoms with Crippen molar-refractivity contribution in [1.29, 1.82) is 0 Å². The number of aryl methyl sites for hydroxylation is 1. The van der Waals surface area contributed by atoms with Crippen LogP contribution in [0.2, 0.25) is 0 Å². The summed E-state index contributed by atoms with van der Waals surface area (Å²) in [6.07, 6.45) is 6.28. The first-order chi connectivity index (χ1) is 10.5. The number of benzene rings is 1. The Labute approximate surface area is 126 Å². The lowest BCUT2D eigenvalue weighted by molar-refractivity contribution is -0.159. The number of aliphatic carboxylic acids is 2. The van der Waals surface area contributed by atoms with E-state index in [4.69, 9.17) is 25.5 Å². The molecule has 7 heteroatoms. The first kappa shape index (κ1) is 17.6. The SMILES string of the molecule is NCCCCCc1c[nH]c2ccc(F)cc12.O=C(O)C(=O)O. The molecule has 0 aliphatic rings. The molecule has 0 unspecified atom stereocenters. The second kappa shape index (κ2) is 8.78. The van der Waals surface area contributed by atoms with Gasteiger partial charge in [-0.25, -0.2) is 14.0 Å². The van der Waals surface area contributed by atoms with E-state index in [0.29, 0.717) is 0 Å². The number of H-pyrrole nitrogens is 1. The standard InChI is InChI=1S/C13H17FN2.C2H2O4/c14-11-5-6-13-12(8-11)10(9-16-13)4-2-1-3-7-15;3-1(4)2(5)6/h5-6,8-9,16H,1-4,7,15H2;(H,3,4)(H,5,6). The Morgan fingerprint density at radius 2 is 1.82 bits per heavy atom. The summed E-state index contributed by atoms with van der Waals surface area (Å²) in [5, 5.41) is 15.8. The topological polar surface area (TPSA) is 116 Å². The van der Waals surface area contributed by atoms with Crippen molar-refractivity contribution >= 4 is 22.8 Å². The van der Waals surface area contributed by atoms with Crippen molar-refractivity contribution in [2.45, 2.75) is 25.7 Å². The van der Waals surface area contributed by atoms with E-state index in [-0.39, 0.29) is 5.82 Å². The van der Waals surface area contributed by atoms with Gasteiger partial charge in [-0.1, -0.05) is 6.42 Å². The van der Waals surface area contributed by atoms with E-state index in [9.17, 15) is 4.39 Å². The van der Waals surface area contributed by atoms with Gasteiger partial charge in [0, 0.05) is 17.1 Å². The average Bonchev–Trinajstić information content (AvgIpc) is 2.86. The number of hydrogen-bond donors (Lipinski definition) is 4. The van der Waals surface area contributed by atoms with Crippen LogP contribution in [0.1, 0.15) is 24.8 Å². The van der Waals surface area contributed by atoms with Crippen LogP contribution in [0.15, 0.2) is 24.4 Å². The summed E-state index contributed by atoms with van der Waals surface area (Å²) < 4.78 is 13.1. The van der Waals surface area contributed by atoms with Crippen LogP contribution in [0.5, 0.6) is 0 Å². The molecule has 0 atom stereocenters. The summed E-state index contributed by atoms with van der Waals surface area (Å²) in [5.41, 5.74) is 7.65. The van der Waals surface area contributed by atoms with Crippen molar-refractivity contribution in [3.8, 4) is 0 Å². The first-order valence-electron chi connectivity index (χ1n) is 6.87. The molecule has 1 aromatic carbocycles. The highest BCUT2D eigenvalue weighted by Crippen LogP contribution is 2.21.